The first-order valence-corrected chi connectivity index (χ1v) is 8.95. The molecular formula is C21H28N4O2. The number of anilines is 1. The second kappa shape index (κ2) is 10.3. The molecule has 27 heavy (non-hydrogen) atoms. The Hall–Kier alpha value is -2.89. The summed E-state index contributed by atoms with van der Waals surface area (Å²) in [5, 5.41) is 4.31. The molecular weight excluding hydrogens is 340 g/mol. The Morgan fingerprint density at radius 1 is 1.00 bits per heavy atom. The van der Waals surface area contributed by atoms with Crippen molar-refractivity contribution in [1.29, 1.82) is 0 Å². The molecule has 2 aromatic heterocycles. The molecule has 0 aliphatic heterocycles. The molecule has 0 saturated heterocycles. The van der Waals surface area contributed by atoms with Gasteiger partial charge >= 0.3 is 0 Å². The van der Waals surface area contributed by atoms with Gasteiger partial charge in [-0.05, 0) is 31.5 Å². The van der Waals surface area contributed by atoms with E-state index in [1.807, 2.05) is 37.3 Å². The SMILES string of the molecule is C.CCCCNc1nc(C)ncc1OCCOc1ccnc2ccccc12. The number of nitrogens with one attached hydrogen (secondary N) is 1. The summed E-state index contributed by atoms with van der Waals surface area (Å²) in [4.78, 5) is 13.0. The maximum Gasteiger partial charge on any atom is 0.180 e. The molecule has 0 radical (unpaired) electrons. The monoisotopic (exact) mass is 368 g/mol. The first-order valence-electron chi connectivity index (χ1n) is 8.95. The van der Waals surface area contributed by atoms with Crippen molar-refractivity contribution < 1.29 is 9.47 Å². The predicted octanol–water partition coefficient (Wildman–Crippen LogP) is 4.64. The lowest BCUT2D eigenvalue weighted by molar-refractivity contribution is 0.218. The summed E-state index contributed by atoms with van der Waals surface area (Å²) in [5.74, 6) is 2.91. The summed E-state index contributed by atoms with van der Waals surface area (Å²) in [6.07, 6.45) is 5.67. The molecule has 6 nitrogen and oxygen atoms in total. The summed E-state index contributed by atoms with van der Waals surface area (Å²) < 4.78 is 11.7. The van der Waals surface area contributed by atoms with Crippen molar-refractivity contribution in [2.24, 2.45) is 0 Å². The van der Waals surface area contributed by atoms with Crippen LogP contribution < -0.4 is 14.8 Å². The lowest BCUT2D eigenvalue weighted by atomic mass is 10.2. The number of pyridine rings is 1. The Labute approximate surface area is 161 Å². The highest BCUT2D eigenvalue weighted by molar-refractivity contribution is 5.84. The molecule has 3 rings (SSSR count). The van der Waals surface area contributed by atoms with Crippen LogP contribution in [0.2, 0.25) is 0 Å². The van der Waals surface area contributed by atoms with Gasteiger partial charge in [-0.3, -0.25) is 4.98 Å². The van der Waals surface area contributed by atoms with Gasteiger partial charge in [0.25, 0.3) is 0 Å². The standard InChI is InChI=1S/C20H24N4O2.CH4/c1-3-4-10-22-20-19(14-23-15(2)24-20)26-13-12-25-18-9-11-21-17-8-6-5-7-16(17)18;/h5-9,11,14H,3-4,10,12-13H2,1-2H3,(H,22,23,24);1H4. The number of rotatable bonds is 9. The summed E-state index contributed by atoms with van der Waals surface area (Å²) in [6.45, 7) is 5.72. The third kappa shape index (κ3) is 5.54. The van der Waals surface area contributed by atoms with E-state index in [0.717, 1.165) is 47.7 Å². The molecule has 0 bridgehead atoms. The minimum absolute atomic E-state index is 0. The van der Waals surface area contributed by atoms with E-state index in [-0.39, 0.29) is 7.43 Å². The number of para-hydroxylation sites is 1. The number of fused-ring (bicyclic) bond motifs is 1. The zero-order valence-electron chi connectivity index (χ0n) is 15.2. The van der Waals surface area contributed by atoms with E-state index in [1.165, 1.54) is 0 Å². The molecule has 0 saturated carbocycles. The molecule has 3 aromatic rings. The number of benzene rings is 1. The summed E-state index contributed by atoms with van der Waals surface area (Å²) in [6, 6.07) is 9.78. The van der Waals surface area contributed by atoms with Crippen LogP contribution >= 0.6 is 0 Å². The number of aryl methyl sites for hydroxylation is 1. The van der Waals surface area contributed by atoms with Crippen LogP contribution in [0.1, 0.15) is 33.0 Å². The molecule has 0 fully saturated rings. The number of unbranched alkanes of at least 4 members (excludes halogenated alkanes) is 1. The highest BCUT2D eigenvalue weighted by Crippen LogP contribution is 2.24. The maximum absolute atomic E-state index is 5.88. The van der Waals surface area contributed by atoms with Crippen molar-refractivity contribution in [2.45, 2.75) is 34.1 Å². The van der Waals surface area contributed by atoms with E-state index in [9.17, 15) is 0 Å². The predicted molar refractivity (Wildman–Crippen MR) is 110 cm³/mol. The van der Waals surface area contributed by atoms with Gasteiger partial charge in [-0.15, -0.1) is 0 Å². The van der Waals surface area contributed by atoms with Crippen LogP contribution in [0, 0.1) is 6.92 Å². The molecule has 1 aromatic carbocycles. The van der Waals surface area contributed by atoms with Crippen molar-refractivity contribution in [2.75, 3.05) is 25.1 Å². The number of hydrogen-bond donors (Lipinski definition) is 1. The van der Waals surface area contributed by atoms with Crippen LogP contribution in [0.3, 0.4) is 0 Å². The molecule has 0 spiro atoms. The highest BCUT2D eigenvalue weighted by atomic mass is 16.5. The van der Waals surface area contributed by atoms with E-state index in [0.29, 0.717) is 19.0 Å². The van der Waals surface area contributed by atoms with Gasteiger partial charge in [-0.1, -0.05) is 32.9 Å². The molecule has 0 aliphatic carbocycles. The third-order valence-corrected chi connectivity index (χ3v) is 3.91. The van der Waals surface area contributed by atoms with Gasteiger partial charge < -0.3 is 14.8 Å². The van der Waals surface area contributed by atoms with Crippen molar-refractivity contribution >= 4 is 16.7 Å². The number of aromatic nitrogens is 3. The normalized spacial score (nSPS) is 10.3. The van der Waals surface area contributed by atoms with Gasteiger partial charge in [0, 0.05) is 18.1 Å². The average Bonchev–Trinajstić information content (AvgIpc) is 2.67. The Balaban J connectivity index is 0.00000261. The minimum atomic E-state index is 0. The van der Waals surface area contributed by atoms with Crippen LogP contribution in [0.4, 0.5) is 5.82 Å². The van der Waals surface area contributed by atoms with Gasteiger partial charge in [0.15, 0.2) is 11.6 Å². The molecule has 0 aliphatic rings. The van der Waals surface area contributed by atoms with Crippen LogP contribution in [0.15, 0.2) is 42.7 Å². The fraction of sp³-hybridized carbons (Fsp3) is 0.381. The minimum Gasteiger partial charge on any atom is -0.489 e. The van der Waals surface area contributed by atoms with Crippen LogP contribution in [-0.4, -0.2) is 34.7 Å². The molecule has 1 N–H and O–H groups in total. The smallest absolute Gasteiger partial charge is 0.180 e. The van der Waals surface area contributed by atoms with E-state index in [2.05, 4.69) is 27.2 Å². The largest absolute Gasteiger partial charge is 0.489 e. The molecule has 0 atom stereocenters. The average molecular weight is 368 g/mol. The first kappa shape index (κ1) is 20.4. The highest BCUT2D eigenvalue weighted by Gasteiger charge is 2.07. The van der Waals surface area contributed by atoms with Crippen molar-refractivity contribution in [3.05, 3.63) is 48.5 Å². The van der Waals surface area contributed by atoms with E-state index < -0.39 is 0 Å². The quantitative estimate of drug-likeness (QED) is 0.555. The van der Waals surface area contributed by atoms with Crippen molar-refractivity contribution in [3.8, 4) is 11.5 Å². The lowest BCUT2D eigenvalue weighted by Crippen LogP contribution is -2.12. The molecule has 0 amide bonds. The van der Waals surface area contributed by atoms with E-state index in [1.54, 1.807) is 12.4 Å². The van der Waals surface area contributed by atoms with Gasteiger partial charge in [0.1, 0.15) is 24.8 Å². The van der Waals surface area contributed by atoms with Crippen LogP contribution in [0.25, 0.3) is 10.9 Å². The first-order chi connectivity index (χ1) is 12.8. The Morgan fingerprint density at radius 2 is 1.78 bits per heavy atom. The second-order valence-corrected chi connectivity index (χ2v) is 5.93. The maximum atomic E-state index is 5.88. The Morgan fingerprint density at radius 3 is 2.59 bits per heavy atom. The summed E-state index contributed by atoms with van der Waals surface area (Å²) in [5.41, 5.74) is 0.917. The number of hydrogen-bond acceptors (Lipinski definition) is 6. The fourth-order valence-electron chi connectivity index (χ4n) is 2.57. The number of ether oxygens (including phenoxy) is 2. The Bertz CT molecular complexity index is 849. The number of nitrogens with zero attached hydrogens (tertiary/aromatic N) is 3. The third-order valence-electron chi connectivity index (χ3n) is 3.91. The van der Waals surface area contributed by atoms with Crippen molar-refractivity contribution in [3.63, 3.8) is 0 Å². The zero-order valence-corrected chi connectivity index (χ0v) is 15.2. The molecule has 0 unspecified atom stereocenters. The van der Waals surface area contributed by atoms with Gasteiger partial charge in [0.2, 0.25) is 0 Å². The fourth-order valence-corrected chi connectivity index (χ4v) is 2.57. The van der Waals surface area contributed by atoms with Crippen LogP contribution in [0.5, 0.6) is 11.5 Å². The zero-order chi connectivity index (χ0) is 18.2. The van der Waals surface area contributed by atoms with E-state index >= 15 is 0 Å². The van der Waals surface area contributed by atoms with Gasteiger partial charge in [-0.25, -0.2) is 9.97 Å². The Kier molecular flexibility index (Phi) is 7.79. The van der Waals surface area contributed by atoms with E-state index in [4.69, 9.17) is 9.47 Å². The second-order valence-electron chi connectivity index (χ2n) is 5.93. The van der Waals surface area contributed by atoms with Crippen LogP contribution in [-0.2, 0) is 0 Å². The summed E-state index contributed by atoms with van der Waals surface area (Å²) >= 11 is 0. The topological polar surface area (TPSA) is 69.2 Å². The van der Waals surface area contributed by atoms with Gasteiger partial charge in [-0.2, -0.15) is 0 Å². The molecule has 6 heteroatoms. The summed E-state index contributed by atoms with van der Waals surface area (Å²) in [7, 11) is 0. The lowest BCUT2D eigenvalue weighted by Gasteiger charge is -2.13. The molecule has 2 heterocycles. The molecule has 144 valence electrons. The van der Waals surface area contributed by atoms with Crippen molar-refractivity contribution in [1.82, 2.24) is 15.0 Å². The van der Waals surface area contributed by atoms with Gasteiger partial charge in [0.05, 0.1) is 11.7 Å².